The molecule has 1 aromatic carbocycles. The molecule has 1 N–H and O–H groups in total. The van der Waals surface area contributed by atoms with E-state index in [1.54, 1.807) is 6.07 Å². The second kappa shape index (κ2) is 7.52. The van der Waals surface area contributed by atoms with Gasteiger partial charge < -0.3 is 5.32 Å². The summed E-state index contributed by atoms with van der Waals surface area (Å²) in [5.74, 6) is -0.0424. The first-order valence-corrected chi connectivity index (χ1v) is 7.07. The summed E-state index contributed by atoms with van der Waals surface area (Å²) in [7, 11) is 0. The van der Waals surface area contributed by atoms with Gasteiger partial charge in [0.15, 0.2) is 0 Å². The molecule has 1 rings (SSSR count). The smallest absolute Gasteiger partial charge is 0.126 e. The zero-order chi connectivity index (χ0) is 13.5. The Morgan fingerprint density at radius 1 is 1.17 bits per heavy atom. The average Bonchev–Trinajstić information content (AvgIpc) is 2.28. The SMILES string of the molecule is CCCC(CCc1c(C)cc(C)cc1F)NCC. The lowest BCUT2D eigenvalue weighted by molar-refractivity contribution is 0.455. The highest BCUT2D eigenvalue weighted by Crippen LogP contribution is 2.18. The number of benzene rings is 1. The van der Waals surface area contributed by atoms with Crippen molar-refractivity contribution in [3.05, 3.63) is 34.6 Å². The van der Waals surface area contributed by atoms with Crippen LogP contribution in [-0.2, 0) is 6.42 Å². The molecule has 2 heteroatoms. The summed E-state index contributed by atoms with van der Waals surface area (Å²) in [4.78, 5) is 0. The number of hydrogen-bond acceptors (Lipinski definition) is 1. The molecule has 0 amide bonds. The van der Waals surface area contributed by atoms with Crippen molar-refractivity contribution >= 4 is 0 Å². The minimum atomic E-state index is -0.0424. The molecule has 0 saturated heterocycles. The van der Waals surface area contributed by atoms with Gasteiger partial charge in [0.2, 0.25) is 0 Å². The molecule has 1 atom stereocenters. The molecule has 1 aromatic rings. The molecule has 0 spiro atoms. The minimum Gasteiger partial charge on any atom is -0.314 e. The summed E-state index contributed by atoms with van der Waals surface area (Å²) in [5.41, 5.74) is 2.98. The molecule has 0 aliphatic heterocycles. The van der Waals surface area contributed by atoms with Gasteiger partial charge in [0, 0.05) is 6.04 Å². The molecule has 0 radical (unpaired) electrons. The van der Waals surface area contributed by atoms with Gasteiger partial charge in [0.05, 0.1) is 0 Å². The Kier molecular flexibility index (Phi) is 6.34. The Labute approximate surface area is 111 Å². The maximum absolute atomic E-state index is 13.9. The fourth-order valence-electron chi connectivity index (χ4n) is 2.57. The first-order chi connectivity index (χ1) is 8.58. The van der Waals surface area contributed by atoms with Gasteiger partial charge in [-0.05, 0) is 62.4 Å². The van der Waals surface area contributed by atoms with Gasteiger partial charge in [0.25, 0.3) is 0 Å². The van der Waals surface area contributed by atoms with Gasteiger partial charge in [-0.1, -0.05) is 26.3 Å². The second-order valence-corrected chi connectivity index (χ2v) is 5.12. The highest BCUT2D eigenvalue weighted by Gasteiger charge is 2.11. The highest BCUT2D eigenvalue weighted by molar-refractivity contribution is 5.32. The van der Waals surface area contributed by atoms with Crippen molar-refractivity contribution in [1.29, 1.82) is 0 Å². The van der Waals surface area contributed by atoms with Gasteiger partial charge in [-0.2, -0.15) is 0 Å². The Balaban J connectivity index is 2.66. The van der Waals surface area contributed by atoms with Crippen LogP contribution in [0.2, 0.25) is 0 Å². The van der Waals surface area contributed by atoms with Crippen molar-refractivity contribution < 1.29 is 4.39 Å². The molecule has 0 aromatic heterocycles. The Morgan fingerprint density at radius 3 is 2.44 bits per heavy atom. The quantitative estimate of drug-likeness (QED) is 0.767. The van der Waals surface area contributed by atoms with Crippen LogP contribution in [-0.4, -0.2) is 12.6 Å². The van der Waals surface area contributed by atoms with E-state index >= 15 is 0 Å². The minimum absolute atomic E-state index is 0.0424. The lowest BCUT2D eigenvalue weighted by atomic mass is 9.97. The summed E-state index contributed by atoms with van der Waals surface area (Å²) in [6, 6.07) is 4.23. The standard InChI is InChI=1S/C16H26FN/c1-5-7-14(18-6-2)8-9-15-13(4)10-12(3)11-16(15)17/h10-11,14,18H,5-9H2,1-4H3. The van der Waals surface area contributed by atoms with E-state index in [-0.39, 0.29) is 5.82 Å². The third kappa shape index (κ3) is 4.41. The average molecular weight is 251 g/mol. The number of aryl methyl sites for hydroxylation is 2. The topological polar surface area (TPSA) is 12.0 Å². The fraction of sp³-hybridized carbons (Fsp3) is 0.625. The molecule has 0 aliphatic carbocycles. The lowest BCUT2D eigenvalue weighted by Gasteiger charge is -2.18. The molecule has 0 saturated carbocycles. The van der Waals surface area contributed by atoms with Crippen LogP contribution in [0.3, 0.4) is 0 Å². The summed E-state index contributed by atoms with van der Waals surface area (Å²) in [6.45, 7) is 9.26. The predicted molar refractivity (Wildman–Crippen MR) is 76.6 cm³/mol. The van der Waals surface area contributed by atoms with E-state index in [4.69, 9.17) is 0 Å². The van der Waals surface area contributed by atoms with Crippen LogP contribution in [0.4, 0.5) is 4.39 Å². The molecule has 1 unspecified atom stereocenters. The molecular formula is C16H26FN. The van der Waals surface area contributed by atoms with E-state index in [2.05, 4.69) is 25.2 Å². The maximum Gasteiger partial charge on any atom is 0.126 e. The number of hydrogen-bond donors (Lipinski definition) is 1. The zero-order valence-electron chi connectivity index (χ0n) is 12.1. The van der Waals surface area contributed by atoms with Crippen LogP contribution < -0.4 is 5.32 Å². The lowest BCUT2D eigenvalue weighted by Crippen LogP contribution is -2.29. The van der Waals surface area contributed by atoms with Crippen LogP contribution in [0, 0.1) is 19.7 Å². The molecule has 0 bridgehead atoms. The van der Waals surface area contributed by atoms with Crippen molar-refractivity contribution in [1.82, 2.24) is 5.32 Å². The normalized spacial score (nSPS) is 12.7. The molecule has 18 heavy (non-hydrogen) atoms. The molecule has 102 valence electrons. The first-order valence-electron chi connectivity index (χ1n) is 7.07. The van der Waals surface area contributed by atoms with Crippen LogP contribution in [0.5, 0.6) is 0 Å². The van der Waals surface area contributed by atoms with Crippen molar-refractivity contribution in [2.75, 3.05) is 6.54 Å². The fourth-order valence-corrected chi connectivity index (χ4v) is 2.57. The van der Waals surface area contributed by atoms with Crippen LogP contribution >= 0.6 is 0 Å². The van der Waals surface area contributed by atoms with E-state index in [9.17, 15) is 4.39 Å². The molecule has 0 heterocycles. The van der Waals surface area contributed by atoms with Crippen molar-refractivity contribution in [3.63, 3.8) is 0 Å². The molecule has 0 aliphatic rings. The van der Waals surface area contributed by atoms with E-state index < -0.39 is 0 Å². The summed E-state index contributed by atoms with van der Waals surface area (Å²) >= 11 is 0. The Morgan fingerprint density at radius 2 is 1.89 bits per heavy atom. The monoisotopic (exact) mass is 251 g/mol. The number of halogens is 1. The van der Waals surface area contributed by atoms with Crippen molar-refractivity contribution in [3.8, 4) is 0 Å². The molecule has 1 nitrogen and oxygen atoms in total. The first kappa shape index (κ1) is 15.2. The van der Waals surface area contributed by atoms with Crippen molar-refractivity contribution in [2.45, 2.75) is 59.4 Å². The highest BCUT2D eigenvalue weighted by atomic mass is 19.1. The van der Waals surface area contributed by atoms with Gasteiger partial charge in [-0.15, -0.1) is 0 Å². The van der Waals surface area contributed by atoms with Gasteiger partial charge in [-0.25, -0.2) is 4.39 Å². The van der Waals surface area contributed by atoms with Gasteiger partial charge in [-0.3, -0.25) is 0 Å². The third-order valence-electron chi connectivity index (χ3n) is 3.44. The van der Waals surface area contributed by atoms with Crippen LogP contribution in [0.1, 0.15) is 49.8 Å². The van der Waals surface area contributed by atoms with E-state index in [0.29, 0.717) is 6.04 Å². The summed E-state index contributed by atoms with van der Waals surface area (Å²) < 4.78 is 13.9. The second-order valence-electron chi connectivity index (χ2n) is 5.12. The third-order valence-corrected chi connectivity index (χ3v) is 3.44. The largest absolute Gasteiger partial charge is 0.314 e. The van der Waals surface area contributed by atoms with Crippen molar-refractivity contribution in [2.24, 2.45) is 0 Å². The van der Waals surface area contributed by atoms with E-state index in [1.807, 2.05) is 13.8 Å². The molecule has 0 fully saturated rings. The summed E-state index contributed by atoms with van der Waals surface area (Å²) in [6.07, 6.45) is 4.19. The van der Waals surface area contributed by atoms with Crippen LogP contribution in [0.25, 0.3) is 0 Å². The maximum atomic E-state index is 13.9. The Hall–Kier alpha value is -0.890. The van der Waals surface area contributed by atoms with Gasteiger partial charge >= 0.3 is 0 Å². The number of nitrogens with one attached hydrogen (secondary N) is 1. The number of rotatable bonds is 7. The zero-order valence-corrected chi connectivity index (χ0v) is 12.1. The van der Waals surface area contributed by atoms with Crippen LogP contribution in [0.15, 0.2) is 12.1 Å². The van der Waals surface area contributed by atoms with Gasteiger partial charge in [0.1, 0.15) is 5.82 Å². The predicted octanol–water partition coefficient (Wildman–Crippen LogP) is 4.15. The molecular weight excluding hydrogens is 225 g/mol. The van der Waals surface area contributed by atoms with E-state index in [0.717, 1.165) is 36.1 Å². The van der Waals surface area contributed by atoms with E-state index in [1.165, 1.54) is 12.8 Å². The Bertz CT molecular complexity index is 344. The summed E-state index contributed by atoms with van der Waals surface area (Å²) in [5, 5.41) is 3.48.